The number of benzene rings is 2. The van der Waals surface area contributed by atoms with Crippen molar-refractivity contribution in [2.45, 2.75) is 13.0 Å². The standard InChI is InChI=1S/C16H10Cl3F2NO3/c1-7(15(23)22-13-4-2-3-9(17)14(13)19)25-16(24)8-5-11(20)12(21)6-10(8)18/h2-7H,1H3,(H,22,23). The molecule has 0 aliphatic rings. The second-order valence-corrected chi connectivity index (χ2v) is 6.08. The average Bonchev–Trinajstić information content (AvgIpc) is 2.54. The van der Waals surface area contributed by atoms with Crippen LogP contribution >= 0.6 is 34.8 Å². The van der Waals surface area contributed by atoms with E-state index in [1.165, 1.54) is 19.1 Å². The van der Waals surface area contributed by atoms with Gasteiger partial charge in [0.15, 0.2) is 17.7 Å². The molecule has 0 bridgehead atoms. The molecule has 1 unspecified atom stereocenters. The predicted molar refractivity (Wildman–Crippen MR) is 91.3 cm³/mol. The summed E-state index contributed by atoms with van der Waals surface area (Å²) in [7, 11) is 0. The SMILES string of the molecule is CC(OC(=O)c1cc(F)c(F)cc1Cl)C(=O)Nc1cccc(Cl)c1Cl. The minimum atomic E-state index is -1.26. The molecule has 0 aliphatic heterocycles. The lowest BCUT2D eigenvalue weighted by atomic mass is 10.2. The summed E-state index contributed by atoms with van der Waals surface area (Å²) < 4.78 is 31.2. The third-order valence-electron chi connectivity index (χ3n) is 3.09. The number of ether oxygens (including phenoxy) is 1. The zero-order chi connectivity index (χ0) is 18.7. The molecule has 0 aromatic heterocycles. The van der Waals surface area contributed by atoms with E-state index in [2.05, 4.69) is 5.32 Å². The van der Waals surface area contributed by atoms with Crippen molar-refractivity contribution in [2.75, 3.05) is 5.32 Å². The van der Waals surface area contributed by atoms with Gasteiger partial charge in [-0.15, -0.1) is 0 Å². The highest BCUT2D eigenvalue weighted by molar-refractivity contribution is 6.44. The second kappa shape index (κ2) is 7.99. The third-order valence-corrected chi connectivity index (χ3v) is 4.22. The number of halogens is 5. The summed E-state index contributed by atoms with van der Waals surface area (Å²) in [6, 6.07) is 5.85. The number of hydrogen-bond donors (Lipinski definition) is 1. The Morgan fingerprint density at radius 3 is 2.40 bits per heavy atom. The molecule has 2 aromatic rings. The van der Waals surface area contributed by atoms with E-state index in [9.17, 15) is 18.4 Å². The third kappa shape index (κ3) is 4.60. The Hall–Kier alpha value is -1.89. The van der Waals surface area contributed by atoms with Gasteiger partial charge < -0.3 is 10.1 Å². The van der Waals surface area contributed by atoms with Crippen LogP contribution in [0.2, 0.25) is 15.1 Å². The van der Waals surface area contributed by atoms with Crippen molar-refractivity contribution in [1.82, 2.24) is 0 Å². The summed E-state index contributed by atoms with van der Waals surface area (Å²) in [5.74, 6) is -4.25. The van der Waals surface area contributed by atoms with Crippen LogP contribution in [0, 0.1) is 11.6 Å². The number of esters is 1. The Bertz CT molecular complexity index is 846. The molecule has 1 amide bonds. The van der Waals surface area contributed by atoms with Gasteiger partial charge in [-0.1, -0.05) is 40.9 Å². The number of hydrogen-bond acceptors (Lipinski definition) is 3. The summed E-state index contributed by atoms with van der Waals surface area (Å²) in [6.07, 6.45) is -1.26. The number of rotatable bonds is 4. The first-order chi connectivity index (χ1) is 11.7. The van der Waals surface area contributed by atoms with Gasteiger partial charge in [0.1, 0.15) is 0 Å². The van der Waals surface area contributed by atoms with Gasteiger partial charge in [-0.3, -0.25) is 4.79 Å². The highest BCUT2D eigenvalue weighted by Crippen LogP contribution is 2.29. The molecule has 132 valence electrons. The number of nitrogens with one attached hydrogen (secondary N) is 1. The maximum absolute atomic E-state index is 13.2. The Morgan fingerprint density at radius 1 is 1.08 bits per heavy atom. The van der Waals surface area contributed by atoms with E-state index in [0.717, 1.165) is 0 Å². The van der Waals surface area contributed by atoms with Crippen molar-refractivity contribution >= 4 is 52.4 Å². The minimum absolute atomic E-state index is 0.125. The highest BCUT2D eigenvalue weighted by atomic mass is 35.5. The van der Waals surface area contributed by atoms with E-state index >= 15 is 0 Å². The van der Waals surface area contributed by atoms with Crippen LogP contribution in [0.3, 0.4) is 0 Å². The molecule has 2 rings (SSSR count). The number of carbonyl (C=O) groups excluding carboxylic acids is 2. The smallest absolute Gasteiger partial charge is 0.340 e. The molecule has 0 saturated heterocycles. The molecule has 1 atom stereocenters. The zero-order valence-electron chi connectivity index (χ0n) is 12.6. The van der Waals surface area contributed by atoms with Crippen molar-refractivity contribution in [1.29, 1.82) is 0 Å². The van der Waals surface area contributed by atoms with Crippen LogP contribution in [0.25, 0.3) is 0 Å². The minimum Gasteiger partial charge on any atom is -0.449 e. The fraction of sp³-hybridized carbons (Fsp3) is 0.125. The first kappa shape index (κ1) is 19.4. The molecular weight excluding hydrogens is 399 g/mol. The van der Waals surface area contributed by atoms with Crippen molar-refractivity contribution in [3.63, 3.8) is 0 Å². The number of amides is 1. The monoisotopic (exact) mass is 407 g/mol. The van der Waals surface area contributed by atoms with Gasteiger partial charge >= 0.3 is 5.97 Å². The Balaban J connectivity index is 2.09. The molecule has 0 spiro atoms. The topological polar surface area (TPSA) is 55.4 Å². The number of carbonyl (C=O) groups is 2. The number of anilines is 1. The Morgan fingerprint density at radius 2 is 1.72 bits per heavy atom. The normalized spacial score (nSPS) is 11.8. The maximum atomic E-state index is 13.2. The van der Waals surface area contributed by atoms with E-state index in [1.54, 1.807) is 6.07 Å². The van der Waals surface area contributed by atoms with Gasteiger partial charge in [0.05, 0.1) is 26.3 Å². The van der Waals surface area contributed by atoms with Gasteiger partial charge in [0.25, 0.3) is 5.91 Å². The van der Waals surface area contributed by atoms with E-state index in [4.69, 9.17) is 39.5 Å². The van der Waals surface area contributed by atoms with Gasteiger partial charge in [0.2, 0.25) is 0 Å². The van der Waals surface area contributed by atoms with E-state index in [-0.39, 0.29) is 20.8 Å². The zero-order valence-corrected chi connectivity index (χ0v) is 14.8. The summed E-state index contributed by atoms with van der Waals surface area (Å²) in [5, 5.41) is 2.46. The van der Waals surface area contributed by atoms with Crippen LogP contribution in [0.5, 0.6) is 0 Å². The molecule has 0 heterocycles. The molecule has 0 saturated carbocycles. The fourth-order valence-electron chi connectivity index (χ4n) is 1.79. The van der Waals surface area contributed by atoms with Crippen molar-refractivity contribution in [3.05, 3.63) is 62.6 Å². The molecule has 2 aromatic carbocycles. The highest BCUT2D eigenvalue weighted by Gasteiger charge is 2.23. The van der Waals surface area contributed by atoms with Gasteiger partial charge in [-0.25, -0.2) is 13.6 Å². The van der Waals surface area contributed by atoms with Crippen molar-refractivity contribution in [2.24, 2.45) is 0 Å². The lowest BCUT2D eigenvalue weighted by Crippen LogP contribution is -2.30. The molecule has 0 fully saturated rings. The van der Waals surface area contributed by atoms with Gasteiger partial charge in [0, 0.05) is 0 Å². The van der Waals surface area contributed by atoms with Gasteiger partial charge in [-0.2, -0.15) is 0 Å². The van der Waals surface area contributed by atoms with Gasteiger partial charge in [-0.05, 0) is 31.2 Å². The maximum Gasteiger partial charge on any atom is 0.340 e. The summed E-state index contributed by atoms with van der Waals surface area (Å²) in [4.78, 5) is 24.1. The van der Waals surface area contributed by atoms with Crippen LogP contribution in [0.15, 0.2) is 30.3 Å². The lowest BCUT2D eigenvalue weighted by molar-refractivity contribution is -0.123. The molecule has 0 radical (unpaired) electrons. The van der Waals surface area contributed by atoms with E-state index < -0.39 is 35.2 Å². The fourth-order valence-corrected chi connectivity index (χ4v) is 2.37. The average molecular weight is 409 g/mol. The summed E-state index contributed by atoms with van der Waals surface area (Å²) in [6.45, 7) is 1.29. The molecule has 1 N–H and O–H groups in total. The van der Waals surface area contributed by atoms with E-state index in [0.29, 0.717) is 12.1 Å². The quantitative estimate of drug-likeness (QED) is 0.565. The van der Waals surface area contributed by atoms with Crippen molar-refractivity contribution < 1.29 is 23.1 Å². The predicted octanol–water partition coefficient (Wildman–Crippen LogP) is 5.11. The van der Waals surface area contributed by atoms with Crippen LogP contribution < -0.4 is 5.32 Å². The second-order valence-electron chi connectivity index (χ2n) is 4.88. The Labute approximate surface area is 156 Å². The Kier molecular flexibility index (Phi) is 6.21. The first-order valence-electron chi connectivity index (χ1n) is 6.81. The summed E-state index contributed by atoms with van der Waals surface area (Å²) in [5.41, 5.74) is -0.172. The molecular formula is C16H10Cl3F2NO3. The molecule has 9 heteroatoms. The van der Waals surface area contributed by atoms with E-state index in [1.807, 2.05) is 0 Å². The molecule has 0 aliphatic carbocycles. The van der Waals surface area contributed by atoms with Crippen LogP contribution in [-0.2, 0) is 9.53 Å². The van der Waals surface area contributed by atoms with Crippen LogP contribution in [0.4, 0.5) is 14.5 Å². The largest absolute Gasteiger partial charge is 0.449 e. The van der Waals surface area contributed by atoms with Crippen LogP contribution in [0.1, 0.15) is 17.3 Å². The lowest BCUT2D eigenvalue weighted by Gasteiger charge is -2.15. The first-order valence-corrected chi connectivity index (χ1v) is 7.94. The van der Waals surface area contributed by atoms with Crippen molar-refractivity contribution in [3.8, 4) is 0 Å². The summed E-state index contributed by atoms with van der Waals surface area (Å²) >= 11 is 17.5. The molecule has 4 nitrogen and oxygen atoms in total. The van der Waals surface area contributed by atoms with Crippen LogP contribution in [-0.4, -0.2) is 18.0 Å². The molecule has 25 heavy (non-hydrogen) atoms.